The van der Waals surface area contributed by atoms with Crippen LogP contribution in [-0.2, 0) is 19.8 Å². The van der Waals surface area contributed by atoms with E-state index in [1.165, 1.54) is 15.9 Å². The van der Waals surface area contributed by atoms with Crippen molar-refractivity contribution < 1.29 is 19.8 Å². The molecule has 0 nitrogen and oxygen atoms in total. The normalized spacial score (nSPS) is 10.1. The first-order chi connectivity index (χ1) is 9.45. The van der Waals surface area contributed by atoms with Gasteiger partial charge >= 0.3 is 0 Å². The molecule has 0 aliphatic rings. The van der Waals surface area contributed by atoms with Gasteiger partial charge in [0.1, 0.15) is 0 Å². The van der Waals surface area contributed by atoms with Crippen molar-refractivity contribution in [3.05, 3.63) is 91.0 Å². The van der Waals surface area contributed by atoms with E-state index < -0.39 is 7.92 Å². The molecule has 3 aromatic rings. The van der Waals surface area contributed by atoms with Crippen molar-refractivity contribution in [3.8, 4) is 0 Å². The van der Waals surface area contributed by atoms with Gasteiger partial charge in [-0.05, 0) is 23.8 Å². The predicted octanol–water partition coefficient (Wildman–Crippen LogP) is 3.44. The van der Waals surface area contributed by atoms with E-state index in [0.29, 0.717) is 0 Å². The summed E-state index contributed by atoms with van der Waals surface area (Å²) < 4.78 is 0. The van der Waals surface area contributed by atoms with Gasteiger partial charge in [-0.3, -0.25) is 0 Å². The molecular weight excluding hydrogens is 437 g/mol. The third-order valence-corrected chi connectivity index (χ3v) is 5.49. The van der Waals surface area contributed by atoms with Crippen LogP contribution in [0.5, 0.6) is 0 Å². The van der Waals surface area contributed by atoms with Crippen LogP contribution in [0, 0.1) is 0 Å². The smallest absolute Gasteiger partial charge is 0 e. The van der Waals surface area contributed by atoms with Crippen LogP contribution in [-0.4, -0.2) is 0 Å². The van der Waals surface area contributed by atoms with Gasteiger partial charge in [-0.1, -0.05) is 91.0 Å². The van der Waals surface area contributed by atoms with Crippen LogP contribution in [0.25, 0.3) is 0 Å². The summed E-state index contributed by atoms with van der Waals surface area (Å²) in [6.45, 7) is 0. The Bertz CT molecular complexity index is 529. The van der Waals surface area contributed by atoms with Gasteiger partial charge in [0.15, 0.2) is 0 Å². The Morgan fingerprint density at radius 2 is 0.650 bits per heavy atom. The van der Waals surface area contributed by atoms with Gasteiger partial charge in [-0.15, -0.1) is 0 Å². The minimum atomic E-state index is -0.446. The zero-order chi connectivity index (χ0) is 12.9. The Labute approximate surface area is 134 Å². The Balaban J connectivity index is 0.00000147. The van der Waals surface area contributed by atoms with Gasteiger partial charge in [0.25, 0.3) is 0 Å². The van der Waals surface area contributed by atoms with E-state index in [9.17, 15) is 0 Å². The molecule has 20 heavy (non-hydrogen) atoms. The van der Waals surface area contributed by atoms with Crippen molar-refractivity contribution in [3.63, 3.8) is 0 Å². The summed E-state index contributed by atoms with van der Waals surface area (Å²) in [6.07, 6.45) is 0. The Morgan fingerprint density at radius 1 is 0.400 bits per heavy atom. The van der Waals surface area contributed by atoms with E-state index in [4.69, 9.17) is 0 Å². The molecule has 0 saturated carbocycles. The van der Waals surface area contributed by atoms with Crippen LogP contribution in [0.15, 0.2) is 91.0 Å². The first-order valence-corrected chi connectivity index (χ1v) is 7.74. The van der Waals surface area contributed by atoms with E-state index in [2.05, 4.69) is 91.0 Å². The first kappa shape index (κ1) is 15.1. The monoisotopic (exact) mass is 454 g/mol. The number of rotatable bonds is 3. The van der Waals surface area contributed by atoms with Crippen LogP contribution >= 0.6 is 7.92 Å². The molecular formula is C18H15OsP. The molecule has 0 radical (unpaired) electrons. The SMILES string of the molecule is [Os].c1ccc(P(c2ccccc2)c2ccccc2)cc1. The second kappa shape index (κ2) is 7.49. The topological polar surface area (TPSA) is 0 Å². The molecule has 0 spiro atoms. The number of hydrogen-bond acceptors (Lipinski definition) is 0. The van der Waals surface area contributed by atoms with Crippen LogP contribution in [0.2, 0.25) is 0 Å². The summed E-state index contributed by atoms with van der Waals surface area (Å²) in [5.41, 5.74) is 0. The van der Waals surface area contributed by atoms with Crippen LogP contribution in [0.3, 0.4) is 0 Å². The summed E-state index contributed by atoms with van der Waals surface area (Å²) in [4.78, 5) is 0. The molecule has 0 aliphatic heterocycles. The van der Waals surface area contributed by atoms with Crippen molar-refractivity contribution in [2.75, 3.05) is 0 Å². The van der Waals surface area contributed by atoms with E-state index in [1.807, 2.05) is 0 Å². The van der Waals surface area contributed by atoms with E-state index >= 15 is 0 Å². The number of hydrogen-bond donors (Lipinski definition) is 0. The Kier molecular flexibility index (Phi) is 5.67. The quantitative estimate of drug-likeness (QED) is 0.534. The molecule has 0 fully saturated rings. The van der Waals surface area contributed by atoms with Crippen molar-refractivity contribution in [1.82, 2.24) is 0 Å². The van der Waals surface area contributed by atoms with Gasteiger partial charge in [0, 0.05) is 19.8 Å². The first-order valence-electron chi connectivity index (χ1n) is 6.40. The minimum Gasteiger partial charge on any atom is -0.0622 e. The molecule has 0 heterocycles. The minimum absolute atomic E-state index is 0. The van der Waals surface area contributed by atoms with Crippen molar-refractivity contribution in [2.24, 2.45) is 0 Å². The average Bonchev–Trinajstić information content (AvgIpc) is 2.51. The maximum absolute atomic E-state index is 2.23. The molecule has 100 valence electrons. The molecule has 0 aromatic heterocycles. The van der Waals surface area contributed by atoms with Crippen LogP contribution < -0.4 is 15.9 Å². The summed E-state index contributed by atoms with van der Waals surface area (Å²) in [5, 5.41) is 4.19. The molecule has 0 saturated heterocycles. The molecule has 0 N–H and O–H groups in total. The average molecular weight is 453 g/mol. The van der Waals surface area contributed by atoms with Crippen molar-refractivity contribution in [1.29, 1.82) is 0 Å². The number of benzene rings is 3. The van der Waals surface area contributed by atoms with Crippen LogP contribution in [0.4, 0.5) is 0 Å². The largest absolute Gasteiger partial charge is 0.0622 e. The molecule has 0 unspecified atom stereocenters. The van der Waals surface area contributed by atoms with Crippen LogP contribution in [0.1, 0.15) is 0 Å². The molecule has 0 amide bonds. The third-order valence-electron chi connectivity index (χ3n) is 3.04. The van der Waals surface area contributed by atoms with Gasteiger partial charge in [-0.2, -0.15) is 0 Å². The standard InChI is InChI=1S/C18H15P.Os/c1-4-10-16(11-5-1)19(17-12-6-2-7-13-17)18-14-8-3-9-15-18;/h1-15H;. The molecule has 0 atom stereocenters. The summed E-state index contributed by atoms with van der Waals surface area (Å²) >= 11 is 0. The zero-order valence-corrected chi connectivity index (χ0v) is 14.4. The summed E-state index contributed by atoms with van der Waals surface area (Å²) in [6, 6.07) is 32.3. The third kappa shape index (κ3) is 3.43. The van der Waals surface area contributed by atoms with E-state index in [0.717, 1.165) is 0 Å². The maximum Gasteiger partial charge on any atom is 0 e. The summed E-state index contributed by atoms with van der Waals surface area (Å²) in [5.74, 6) is 0. The molecule has 3 rings (SSSR count). The van der Waals surface area contributed by atoms with Gasteiger partial charge in [0.05, 0.1) is 0 Å². The fourth-order valence-corrected chi connectivity index (χ4v) is 4.48. The molecule has 3 aromatic carbocycles. The van der Waals surface area contributed by atoms with E-state index in [1.54, 1.807) is 0 Å². The van der Waals surface area contributed by atoms with E-state index in [-0.39, 0.29) is 19.8 Å². The Hall–Kier alpha value is -1.27. The maximum atomic E-state index is 2.23. The van der Waals surface area contributed by atoms with Crippen molar-refractivity contribution >= 4 is 23.8 Å². The molecule has 0 aliphatic carbocycles. The predicted molar refractivity (Wildman–Crippen MR) is 85.1 cm³/mol. The van der Waals surface area contributed by atoms with Gasteiger partial charge < -0.3 is 0 Å². The van der Waals surface area contributed by atoms with Gasteiger partial charge in [-0.25, -0.2) is 0 Å². The fourth-order valence-electron chi connectivity index (χ4n) is 2.18. The Morgan fingerprint density at radius 3 is 0.900 bits per heavy atom. The second-order valence-corrected chi connectivity index (χ2v) is 6.56. The molecule has 2 heteroatoms. The summed E-state index contributed by atoms with van der Waals surface area (Å²) in [7, 11) is -0.446. The zero-order valence-electron chi connectivity index (χ0n) is 11.0. The fraction of sp³-hybridized carbons (Fsp3) is 0. The molecule has 0 bridgehead atoms. The second-order valence-electron chi connectivity index (χ2n) is 4.34. The van der Waals surface area contributed by atoms with Gasteiger partial charge in [0.2, 0.25) is 0 Å². The van der Waals surface area contributed by atoms with Crippen molar-refractivity contribution in [2.45, 2.75) is 0 Å².